The largest absolute Gasteiger partial charge is 0.494 e. The quantitative estimate of drug-likeness (QED) is 0.598. The number of aromatic nitrogens is 1. The van der Waals surface area contributed by atoms with Gasteiger partial charge in [0.1, 0.15) is 5.75 Å². The van der Waals surface area contributed by atoms with E-state index in [0.717, 1.165) is 0 Å². The molecule has 0 unspecified atom stereocenters. The third-order valence-corrected chi connectivity index (χ3v) is 2.59. The maximum atomic E-state index is 12.9. The van der Waals surface area contributed by atoms with Crippen molar-refractivity contribution in [1.82, 2.24) is 4.98 Å². The predicted molar refractivity (Wildman–Crippen MR) is 65.6 cm³/mol. The number of halogens is 3. The van der Waals surface area contributed by atoms with Crippen molar-refractivity contribution in [3.8, 4) is 5.75 Å². The van der Waals surface area contributed by atoms with Crippen LogP contribution >= 0.6 is 11.6 Å². The van der Waals surface area contributed by atoms with Gasteiger partial charge in [-0.25, -0.2) is 8.78 Å². The number of alkyl halides is 3. The summed E-state index contributed by atoms with van der Waals surface area (Å²) in [5.41, 5.74) is 0.0407. The van der Waals surface area contributed by atoms with E-state index in [4.69, 9.17) is 21.1 Å². The fraction of sp³-hybridized carbons (Fsp3) is 0.500. The number of esters is 1. The normalized spacial score (nSPS) is 10.6. The molecule has 106 valence electrons. The number of nitrogens with zero attached hydrogens (tertiary/aromatic N) is 1. The van der Waals surface area contributed by atoms with Crippen LogP contribution in [0.1, 0.15) is 30.3 Å². The zero-order valence-electron chi connectivity index (χ0n) is 10.6. The summed E-state index contributed by atoms with van der Waals surface area (Å²) in [6, 6.07) is 1.17. The second-order valence-electron chi connectivity index (χ2n) is 3.60. The molecule has 0 bridgehead atoms. The monoisotopic (exact) mass is 293 g/mol. The molecule has 1 aromatic heterocycles. The van der Waals surface area contributed by atoms with Crippen molar-refractivity contribution in [3.05, 3.63) is 23.0 Å². The van der Waals surface area contributed by atoms with Gasteiger partial charge in [0.05, 0.1) is 43.0 Å². The number of hydrogen-bond donors (Lipinski definition) is 0. The molecular weight excluding hydrogens is 280 g/mol. The molecule has 0 aliphatic heterocycles. The number of methoxy groups -OCH3 is 1. The van der Waals surface area contributed by atoms with Crippen LogP contribution in [0, 0.1) is 0 Å². The molecule has 0 amide bonds. The molecule has 0 atom stereocenters. The van der Waals surface area contributed by atoms with Crippen molar-refractivity contribution < 1.29 is 23.0 Å². The molecule has 7 heteroatoms. The molecule has 0 saturated heterocycles. The summed E-state index contributed by atoms with van der Waals surface area (Å²) < 4.78 is 35.5. The molecule has 1 aromatic rings. The van der Waals surface area contributed by atoms with Gasteiger partial charge in [-0.15, -0.1) is 11.6 Å². The molecule has 0 spiro atoms. The van der Waals surface area contributed by atoms with Crippen LogP contribution in [0.15, 0.2) is 6.07 Å². The minimum atomic E-state index is -2.74. The maximum absolute atomic E-state index is 12.9. The predicted octanol–water partition coefficient (Wildman–Crippen LogP) is 2.87. The second-order valence-corrected chi connectivity index (χ2v) is 3.87. The fourth-order valence-corrected chi connectivity index (χ4v) is 1.74. The Hall–Kier alpha value is -1.43. The van der Waals surface area contributed by atoms with Crippen molar-refractivity contribution >= 4 is 17.6 Å². The minimum absolute atomic E-state index is 0.0282. The van der Waals surface area contributed by atoms with E-state index in [2.05, 4.69) is 4.98 Å². The molecule has 4 nitrogen and oxygen atoms in total. The maximum Gasteiger partial charge on any atom is 0.312 e. The number of rotatable bonds is 6. The molecule has 19 heavy (non-hydrogen) atoms. The van der Waals surface area contributed by atoms with Crippen LogP contribution in [0.2, 0.25) is 0 Å². The Morgan fingerprint density at radius 1 is 1.53 bits per heavy atom. The average Bonchev–Trinajstić information content (AvgIpc) is 2.37. The van der Waals surface area contributed by atoms with Crippen LogP contribution in [0.5, 0.6) is 5.75 Å². The average molecular weight is 294 g/mol. The van der Waals surface area contributed by atoms with E-state index in [0.29, 0.717) is 0 Å². The summed E-state index contributed by atoms with van der Waals surface area (Å²) >= 11 is 5.60. The topological polar surface area (TPSA) is 48.4 Å². The first-order chi connectivity index (χ1) is 9.03. The molecule has 1 heterocycles. The number of hydrogen-bond acceptors (Lipinski definition) is 4. The SMILES string of the molecule is CCOC(=O)Cc1nc(CCl)cc(C(F)F)c1OC. The molecule has 0 saturated carbocycles. The van der Waals surface area contributed by atoms with Crippen molar-refractivity contribution in [2.75, 3.05) is 13.7 Å². The Bertz CT molecular complexity index is 455. The molecule has 0 aliphatic rings. The van der Waals surface area contributed by atoms with Gasteiger partial charge in [-0.05, 0) is 13.0 Å². The van der Waals surface area contributed by atoms with Gasteiger partial charge in [-0.1, -0.05) is 0 Å². The lowest BCUT2D eigenvalue weighted by Crippen LogP contribution is -2.12. The first-order valence-corrected chi connectivity index (χ1v) is 6.13. The van der Waals surface area contributed by atoms with E-state index in [9.17, 15) is 13.6 Å². The highest BCUT2D eigenvalue weighted by atomic mass is 35.5. The molecule has 1 rings (SSSR count). The Kier molecular flexibility index (Phi) is 5.95. The smallest absolute Gasteiger partial charge is 0.312 e. The van der Waals surface area contributed by atoms with E-state index < -0.39 is 12.4 Å². The Balaban J connectivity index is 3.19. The van der Waals surface area contributed by atoms with E-state index in [1.54, 1.807) is 6.92 Å². The van der Waals surface area contributed by atoms with Gasteiger partial charge < -0.3 is 9.47 Å². The highest BCUT2D eigenvalue weighted by molar-refractivity contribution is 6.16. The molecule has 0 aliphatic carbocycles. The first kappa shape index (κ1) is 15.6. The molecular formula is C12H14ClF2NO3. The van der Waals surface area contributed by atoms with Gasteiger partial charge >= 0.3 is 5.97 Å². The van der Waals surface area contributed by atoms with Crippen LogP contribution in [0.4, 0.5) is 8.78 Å². The zero-order valence-corrected chi connectivity index (χ0v) is 11.3. The third-order valence-electron chi connectivity index (χ3n) is 2.32. The number of pyridine rings is 1. The van der Waals surface area contributed by atoms with Gasteiger partial charge in [0.2, 0.25) is 0 Å². The lowest BCUT2D eigenvalue weighted by Gasteiger charge is -2.13. The summed E-state index contributed by atoms with van der Waals surface area (Å²) in [4.78, 5) is 15.5. The van der Waals surface area contributed by atoms with Gasteiger partial charge in [0, 0.05) is 0 Å². The Labute approximate surface area is 114 Å². The highest BCUT2D eigenvalue weighted by Crippen LogP contribution is 2.32. The first-order valence-electron chi connectivity index (χ1n) is 5.59. The van der Waals surface area contributed by atoms with Crippen molar-refractivity contribution in [1.29, 1.82) is 0 Å². The van der Waals surface area contributed by atoms with Gasteiger partial charge in [0.25, 0.3) is 6.43 Å². The van der Waals surface area contributed by atoms with Gasteiger partial charge in [-0.3, -0.25) is 9.78 Å². The van der Waals surface area contributed by atoms with E-state index in [1.807, 2.05) is 0 Å². The Morgan fingerprint density at radius 3 is 2.68 bits per heavy atom. The summed E-state index contributed by atoms with van der Waals surface area (Å²) in [6.07, 6.45) is -2.97. The Morgan fingerprint density at radius 2 is 2.21 bits per heavy atom. The van der Waals surface area contributed by atoms with Crippen molar-refractivity contribution in [3.63, 3.8) is 0 Å². The van der Waals surface area contributed by atoms with Gasteiger partial charge in [0.15, 0.2) is 0 Å². The van der Waals surface area contributed by atoms with E-state index in [-0.39, 0.29) is 41.6 Å². The minimum Gasteiger partial charge on any atom is -0.494 e. The highest BCUT2D eigenvalue weighted by Gasteiger charge is 2.21. The van der Waals surface area contributed by atoms with Crippen LogP contribution < -0.4 is 4.74 Å². The van der Waals surface area contributed by atoms with E-state index >= 15 is 0 Å². The van der Waals surface area contributed by atoms with Crippen molar-refractivity contribution in [2.45, 2.75) is 25.7 Å². The lowest BCUT2D eigenvalue weighted by atomic mass is 10.1. The lowest BCUT2D eigenvalue weighted by molar-refractivity contribution is -0.142. The standard InChI is InChI=1S/C12H14ClF2NO3/c1-3-19-10(17)5-9-11(18-2)8(12(14)15)4-7(6-13)16-9/h4,12H,3,5-6H2,1-2H3. The number of carbonyl (C=O) groups is 1. The number of ether oxygens (including phenoxy) is 2. The zero-order chi connectivity index (χ0) is 14.4. The fourth-order valence-electron chi connectivity index (χ4n) is 1.60. The molecule has 0 N–H and O–H groups in total. The van der Waals surface area contributed by atoms with Crippen LogP contribution in [0.25, 0.3) is 0 Å². The molecule has 0 radical (unpaired) electrons. The van der Waals surface area contributed by atoms with Gasteiger partial charge in [-0.2, -0.15) is 0 Å². The van der Waals surface area contributed by atoms with Crippen LogP contribution in [-0.2, 0) is 21.8 Å². The third kappa shape index (κ3) is 4.02. The molecule has 0 aromatic carbocycles. The summed E-state index contributed by atoms with van der Waals surface area (Å²) in [7, 11) is 1.25. The van der Waals surface area contributed by atoms with Crippen LogP contribution in [-0.4, -0.2) is 24.7 Å². The number of carbonyl (C=O) groups excluding carboxylic acids is 1. The second kappa shape index (κ2) is 7.23. The van der Waals surface area contributed by atoms with Crippen LogP contribution in [0.3, 0.4) is 0 Å². The summed E-state index contributed by atoms with van der Waals surface area (Å²) in [6.45, 7) is 1.86. The molecule has 0 fully saturated rings. The summed E-state index contributed by atoms with van der Waals surface area (Å²) in [5.74, 6) is -0.684. The van der Waals surface area contributed by atoms with E-state index in [1.165, 1.54) is 13.2 Å². The van der Waals surface area contributed by atoms with Crippen molar-refractivity contribution in [2.24, 2.45) is 0 Å². The summed E-state index contributed by atoms with van der Waals surface area (Å²) in [5, 5.41) is 0.